The van der Waals surface area contributed by atoms with Crippen LogP contribution in [0, 0.1) is 0 Å². The van der Waals surface area contributed by atoms with Gasteiger partial charge in [-0.2, -0.15) is 0 Å². The Kier molecular flexibility index (Phi) is 5.00. The minimum atomic E-state index is 0.862. The Morgan fingerprint density at radius 3 is 1.53 bits per heavy atom. The number of benzene rings is 7. The van der Waals surface area contributed by atoms with E-state index in [9.17, 15) is 0 Å². The Morgan fingerprint density at radius 2 is 0.844 bits per heavy atom. The van der Waals surface area contributed by atoms with Gasteiger partial charge in [0.2, 0.25) is 0 Å². The summed E-state index contributed by atoms with van der Waals surface area (Å²) in [7, 11) is 0. The van der Waals surface area contributed by atoms with E-state index in [1.165, 1.54) is 54.7 Å². The molecule has 0 N–H and O–H groups in total. The van der Waals surface area contributed by atoms with Crippen LogP contribution in [0.3, 0.4) is 0 Å². The number of nitrogens with zero attached hydrogens (tertiary/aromatic N) is 2. The molecule has 0 atom stereocenters. The van der Waals surface area contributed by atoms with E-state index in [-0.39, 0.29) is 0 Å². The van der Waals surface area contributed by atoms with Gasteiger partial charge in [0.15, 0.2) is 0 Å². The number of ether oxygens (including phenoxy) is 1. The smallest absolute Gasteiger partial charge is 0.135 e. The maximum Gasteiger partial charge on any atom is 0.135 e. The van der Waals surface area contributed by atoms with Crippen LogP contribution in [0.15, 0.2) is 158 Å². The summed E-state index contributed by atoms with van der Waals surface area (Å²) in [5, 5.41) is 4.96. The van der Waals surface area contributed by atoms with Crippen molar-refractivity contribution in [1.82, 2.24) is 9.13 Å². The highest BCUT2D eigenvalue weighted by molar-refractivity contribution is 6.23. The highest BCUT2D eigenvalue weighted by Gasteiger charge is 2.24. The number of para-hydroxylation sites is 4. The molecular weight excluding hydrogens is 548 g/mol. The van der Waals surface area contributed by atoms with Crippen LogP contribution in [0.4, 0.5) is 0 Å². The quantitative estimate of drug-likeness (QED) is 0.201. The average molecular weight is 575 g/mol. The SMILES string of the molecule is c1ccc(-n2c3ccccc3c3ccc4c5ccccc5n(-c5ccc6c(c5)-c5ccccc5-c5ccccc5O6)c4c32)cc1. The number of rotatable bonds is 2. The van der Waals surface area contributed by atoms with E-state index in [0.717, 1.165) is 34.0 Å². The molecule has 2 aromatic heterocycles. The number of aromatic nitrogens is 2. The van der Waals surface area contributed by atoms with Gasteiger partial charge in [-0.1, -0.05) is 109 Å². The summed E-state index contributed by atoms with van der Waals surface area (Å²) >= 11 is 0. The minimum absolute atomic E-state index is 0.862. The second-order valence-electron chi connectivity index (χ2n) is 11.7. The number of hydrogen-bond donors (Lipinski definition) is 0. The summed E-state index contributed by atoms with van der Waals surface area (Å²) < 4.78 is 11.5. The van der Waals surface area contributed by atoms with Crippen molar-refractivity contribution in [1.29, 1.82) is 0 Å². The van der Waals surface area contributed by atoms with E-state index in [0.29, 0.717) is 0 Å². The molecule has 0 saturated carbocycles. The lowest BCUT2D eigenvalue weighted by Gasteiger charge is -2.15. The van der Waals surface area contributed by atoms with Crippen LogP contribution in [0.1, 0.15) is 0 Å². The molecule has 3 heteroatoms. The lowest BCUT2D eigenvalue weighted by molar-refractivity contribution is 0.487. The van der Waals surface area contributed by atoms with Gasteiger partial charge in [0.05, 0.1) is 22.1 Å². The Balaban J connectivity index is 1.35. The lowest BCUT2D eigenvalue weighted by atomic mass is 9.94. The van der Waals surface area contributed by atoms with Gasteiger partial charge < -0.3 is 13.9 Å². The van der Waals surface area contributed by atoms with Crippen molar-refractivity contribution in [3.8, 4) is 45.1 Å². The number of hydrogen-bond acceptors (Lipinski definition) is 1. The van der Waals surface area contributed by atoms with Crippen LogP contribution in [0.25, 0.3) is 77.2 Å². The van der Waals surface area contributed by atoms with Crippen molar-refractivity contribution in [3.05, 3.63) is 158 Å². The van der Waals surface area contributed by atoms with Crippen LogP contribution in [-0.2, 0) is 0 Å². The van der Waals surface area contributed by atoms with Gasteiger partial charge in [-0.05, 0) is 59.7 Å². The van der Waals surface area contributed by atoms with Crippen molar-refractivity contribution < 1.29 is 4.74 Å². The van der Waals surface area contributed by atoms with Crippen molar-refractivity contribution in [2.75, 3.05) is 0 Å². The molecule has 0 spiro atoms. The molecule has 3 heterocycles. The Morgan fingerprint density at radius 1 is 0.333 bits per heavy atom. The highest BCUT2D eigenvalue weighted by Crippen LogP contribution is 2.48. The topological polar surface area (TPSA) is 19.1 Å². The molecular formula is C42H26N2O. The van der Waals surface area contributed by atoms with Crippen molar-refractivity contribution >= 4 is 43.6 Å². The van der Waals surface area contributed by atoms with Gasteiger partial charge in [-0.15, -0.1) is 0 Å². The summed E-state index contributed by atoms with van der Waals surface area (Å²) in [4.78, 5) is 0. The average Bonchev–Trinajstić information content (AvgIpc) is 3.57. The molecule has 7 aromatic carbocycles. The first-order valence-corrected chi connectivity index (χ1v) is 15.4. The maximum atomic E-state index is 6.61. The van der Waals surface area contributed by atoms with E-state index in [1.54, 1.807) is 0 Å². The molecule has 0 radical (unpaired) electrons. The first kappa shape index (κ1) is 24.4. The molecule has 0 saturated heterocycles. The molecule has 9 aromatic rings. The summed E-state index contributed by atoms with van der Waals surface area (Å²) in [6.07, 6.45) is 0. The molecule has 0 amide bonds. The second kappa shape index (κ2) is 9.22. The summed E-state index contributed by atoms with van der Waals surface area (Å²) in [5.74, 6) is 1.74. The predicted molar refractivity (Wildman–Crippen MR) is 186 cm³/mol. The molecule has 1 aliphatic heterocycles. The van der Waals surface area contributed by atoms with Gasteiger partial charge >= 0.3 is 0 Å². The number of fused-ring (bicyclic) bond motifs is 12. The van der Waals surface area contributed by atoms with Gasteiger partial charge in [0, 0.05) is 44.0 Å². The molecule has 1 aliphatic rings. The fourth-order valence-corrected chi connectivity index (χ4v) is 7.42. The third-order valence-electron chi connectivity index (χ3n) is 9.32. The lowest BCUT2D eigenvalue weighted by Crippen LogP contribution is -1.99. The van der Waals surface area contributed by atoms with Crippen LogP contribution in [0.5, 0.6) is 11.5 Å². The predicted octanol–water partition coefficient (Wildman–Crippen LogP) is 11.3. The fourth-order valence-electron chi connectivity index (χ4n) is 7.42. The van der Waals surface area contributed by atoms with Gasteiger partial charge in [-0.3, -0.25) is 0 Å². The van der Waals surface area contributed by atoms with Crippen molar-refractivity contribution in [2.24, 2.45) is 0 Å². The van der Waals surface area contributed by atoms with Crippen LogP contribution >= 0.6 is 0 Å². The van der Waals surface area contributed by atoms with Gasteiger partial charge in [-0.25, -0.2) is 0 Å². The monoisotopic (exact) mass is 574 g/mol. The van der Waals surface area contributed by atoms with Crippen LogP contribution in [0.2, 0.25) is 0 Å². The highest BCUT2D eigenvalue weighted by atomic mass is 16.5. The largest absolute Gasteiger partial charge is 0.456 e. The molecule has 0 unspecified atom stereocenters. The molecule has 0 fully saturated rings. The van der Waals surface area contributed by atoms with E-state index in [4.69, 9.17) is 4.74 Å². The van der Waals surface area contributed by atoms with E-state index in [2.05, 4.69) is 161 Å². The molecule has 0 bridgehead atoms. The van der Waals surface area contributed by atoms with Gasteiger partial charge in [0.1, 0.15) is 11.5 Å². The van der Waals surface area contributed by atoms with Crippen molar-refractivity contribution in [3.63, 3.8) is 0 Å². The zero-order valence-electron chi connectivity index (χ0n) is 24.3. The zero-order valence-corrected chi connectivity index (χ0v) is 24.3. The van der Waals surface area contributed by atoms with Crippen molar-refractivity contribution in [2.45, 2.75) is 0 Å². The van der Waals surface area contributed by atoms with E-state index >= 15 is 0 Å². The Bertz CT molecular complexity index is 2620. The Labute approximate surface area is 259 Å². The first-order chi connectivity index (χ1) is 22.3. The maximum absolute atomic E-state index is 6.61. The Hall–Kier alpha value is -6.06. The van der Waals surface area contributed by atoms with E-state index < -0.39 is 0 Å². The van der Waals surface area contributed by atoms with Gasteiger partial charge in [0.25, 0.3) is 0 Å². The standard InChI is InChI=1S/C42H26N2O/c1-2-12-27(13-3-1)43-37-19-9-6-16-31(37)34-23-24-35-32-17-7-10-20-38(32)44(42(35)41(34)43)28-22-25-40-36(26-28)30-15-5-4-14-29(30)33-18-8-11-21-39(33)45-40/h1-26H. The molecule has 45 heavy (non-hydrogen) atoms. The summed E-state index contributed by atoms with van der Waals surface area (Å²) in [5.41, 5.74) is 11.6. The third-order valence-corrected chi connectivity index (χ3v) is 9.32. The minimum Gasteiger partial charge on any atom is -0.456 e. The first-order valence-electron chi connectivity index (χ1n) is 15.4. The molecule has 10 rings (SSSR count). The third kappa shape index (κ3) is 3.41. The molecule has 0 aliphatic carbocycles. The molecule has 210 valence electrons. The summed E-state index contributed by atoms with van der Waals surface area (Å²) in [6.45, 7) is 0. The summed E-state index contributed by atoms with van der Waals surface area (Å²) in [6, 6.07) is 56.4. The zero-order chi connectivity index (χ0) is 29.5. The fraction of sp³-hybridized carbons (Fsp3) is 0. The van der Waals surface area contributed by atoms with Crippen LogP contribution < -0.4 is 4.74 Å². The van der Waals surface area contributed by atoms with Crippen LogP contribution in [-0.4, -0.2) is 9.13 Å². The molecule has 3 nitrogen and oxygen atoms in total. The second-order valence-corrected chi connectivity index (χ2v) is 11.7. The normalized spacial score (nSPS) is 12.2. The van der Waals surface area contributed by atoms with E-state index in [1.807, 2.05) is 6.07 Å².